The van der Waals surface area contributed by atoms with Crippen LogP contribution in [0.1, 0.15) is 54.3 Å². The molecule has 1 aliphatic carbocycles. The van der Waals surface area contributed by atoms with Crippen molar-refractivity contribution < 1.29 is 9.53 Å². The molecule has 1 fully saturated rings. The van der Waals surface area contributed by atoms with Crippen LogP contribution in [0, 0.1) is 0 Å². The lowest BCUT2D eigenvalue weighted by Crippen LogP contribution is -2.47. The Kier molecular flexibility index (Phi) is 6.76. The number of carbonyl (C=O) groups excluding carboxylic acids is 1. The predicted molar refractivity (Wildman–Crippen MR) is 124 cm³/mol. The molecule has 1 atom stereocenters. The summed E-state index contributed by atoms with van der Waals surface area (Å²) in [6, 6.07) is 8.48. The van der Waals surface area contributed by atoms with Crippen LogP contribution >= 0.6 is 11.3 Å². The van der Waals surface area contributed by atoms with E-state index in [-0.39, 0.29) is 11.9 Å². The highest BCUT2D eigenvalue weighted by Gasteiger charge is 2.34. The third-order valence-electron chi connectivity index (χ3n) is 6.43. The Morgan fingerprint density at radius 3 is 2.60 bits per heavy atom. The number of benzene rings is 1. The van der Waals surface area contributed by atoms with Crippen molar-refractivity contribution in [2.45, 2.75) is 45.6 Å². The minimum Gasteiger partial charge on any atom is -0.496 e. The van der Waals surface area contributed by atoms with Gasteiger partial charge in [-0.2, -0.15) is 0 Å². The number of nitrogens with one attached hydrogen (secondary N) is 1. The molecule has 162 valence electrons. The second-order valence-corrected chi connectivity index (χ2v) is 9.35. The fraction of sp³-hybridized carbons (Fsp3) is 0.542. The first-order valence-electron chi connectivity index (χ1n) is 11.1. The highest BCUT2D eigenvalue weighted by molar-refractivity contribution is 7.16. The summed E-state index contributed by atoms with van der Waals surface area (Å²) in [6.07, 6.45) is 4.68. The molecule has 1 saturated heterocycles. The van der Waals surface area contributed by atoms with Crippen molar-refractivity contribution in [1.29, 1.82) is 0 Å². The van der Waals surface area contributed by atoms with Gasteiger partial charge in [0.1, 0.15) is 10.8 Å². The Morgan fingerprint density at radius 2 is 1.90 bits per heavy atom. The molecule has 1 unspecified atom stereocenters. The van der Waals surface area contributed by atoms with Crippen molar-refractivity contribution in [3.05, 3.63) is 45.8 Å². The maximum Gasteiger partial charge on any atom is 0.221 e. The molecule has 6 heteroatoms. The number of carbonyl (C=O) groups is 1. The minimum absolute atomic E-state index is 0.00410. The van der Waals surface area contributed by atoms with Gasteiger partial charge in [0.15, 0.2) is 0 Å². The predicted octanol–water partition coefficient (Wildman–Crippen LogP) is 4.32. The van der Waals surface area contributed by atoms with Gasteiger partial charge < -0.3 is 15.0 Å². The molecule has 4 rings (SSSR count). The summed E-state index contributed by atoms with van der Waals surface area (Å²) < 4.78 is 5.80. The number of thiophene rings is 1. The molecule has 1 amide bonds. The average molecular weight is 428 g/mol. The summed E-state index contributed by atoms with van der Waals surface area (Å²) in [5.74, 6) is 0.925. The monoisotopic (exact) mass is 427 g/mol. The van der Waals surface area contributed by atoms with E-state index in [1.165, 1.54) is 34.4 Å². The van der Waals surface area contributed by atoms with E-state index in [9.17, 15) is 4.79 Å². The smallest absolute Gasteiger partial charge is 0.221 e. The van der Waals surface area contributed by atoms with Gasteiger partial charge in [-0.25, -0.2) is 0 Å². The summed E-state index contributed by atoms with van der Waals surface area (Å²) >= 11 is 1.79. The Labute approximate surface area is 184 Å². The lowest BCUT2D eigenvalue weighted by molar-refractivity contribution is -0.114. The third-order valence-corrected chi connectivity index (χ3v) is 7.65. The highest BCUT2D eigenvalue weighted by Crippen LogP contribution is 2.47. The first-order chi connectivity index (χ1) is 14.6. The molecular weight excluding hydrogens is 394 g/mol. The number of rotatable bonds is 6. The van der Waals surface area contributed by atoms with Crippen molar-refractivity contribution in [3.63, 3.8) is 0 Å². The first-order valence-corrected chi connectivity index (χ1v) is 11.9. The van der Waals surface area contributed by atoms with Crippen molar-refractivity contribution in [1.82, 2.24) is 9.80 Å². The lowest BCUT2D eigenvalue weighted by atomic mass is 9.88. The van der Waals surface area contributed by atoms with Crippen LogP contribution in [-0.2, 0) is 17.6 Å². The normalized spacial score (nSPS) is 18.6. The summed E-state index contributed by atoms with van der Waals surface area (Å²) in [5.41, 5.74) is 3.96. The van der Waals surface area contributed by atoms with E-state index in [0.29, 0.717) is 0 Å². The van der Waals surface area contributed by atoms with Crippen LogP contribution in [0.4, 0.5) is 5.00 Å². The van der Waals surface area contributed by atoms with Gasteiger partial charge >= 0.3 is 0 Å². The second kappa shape index (κ2) is 9.50. The van der Waals surface area contributed by atoms with Gasteiger partial charge in [-0.1, -0.05) is 25.1 Å². The Hall–Kier alpha value is -1.89. The van der Waals surface area contributed by atoms with E-state index in [0.717, 1.165) is 56.3 Å². The fourth-order valence-corrected chi connectivity index (χ4v) is 6.26. The molecule has 1 N–H and O–H groups in total. The zero-order valence-corrected chi connectivity index (χ0v) is 19.2. The number of nitrogens with zero attached hydrogens (tertiary/aromatic N) is 2. The molecule has 0 bridgehead atoms. The van der Waals surface area contributed by atoms with Crippen molar-refractivity contribution in [2.24, 2.45) is 0 Å². The maximum atomic E-state index is 12.1. The van der Waals surface area contributed by atoms with Crippen LogP contribution < -0.4 is 10.1 Å². The largest absolute Gasteiger partial charge is 0.496 e. The first kappa shape index (κ1) is 21.3. The topological polar surface area (TPSA) is 44.8 Å². The van der Waals surface area contributed by atoms with Gasteiger partial charge in [0, 0.05) is 49.1 Å². The Morgan fingerprint density at radius 1 is 1.17 bits per heavy atom. The molecule has 2 heterocycles. The number of aryl methyl sites for hydroxylation is 1. The van der Waals surface area contributed by atoms with E-state index >= 15 is 0 Å². The van der Waals surface area contributed by atoms with Crippen LogP contribution in [0.25, 0.3) is 0 Å². The number of amides is 1. The van der Waals surface area contributed by atoms with E-state index in [4.69, 9.17) is 4.74 Å². The standard InChI is InChI=1S/C24H33N3O2S/c1-4-26-13-15-27(16-14-26)23(18-9-5-7-11-20(18)29-3)22-19-10-6-8-12-21(19)30-24(22)25-17(2)28/h5,7,9,11,23H,4,6,8,10,12-16H2,1-3H3,(H,25,28). The number of hydrogen-bond acceptors (Lipinski definition) is 5. The van der Waals surface area contributed by atoms with Gasteiger partial charge in [0.25, 0.3) is 0 Å². The molecule has 30 heavy (non-hydrogen) atoms. The minimum atomic E-state index is 0.00410. The zero-order valence-electron chi connectivity index (χ0n) is 18.4. The van der Waals surface area contributed by atoms with Crippen LogP contribution in [0.2, 0.25) is 0 Å². The molecular formula is C24H33N3O2S. The van der Waals surface area contributed by atoms with Gasteiger partial charge in [0.05, 0.1) is 13.2 Å². The average Bonchev–Trinajstić information content (AvgIpc) is 3.12. The third kappa shape index (κ3) is 4.27. The molecule has 2 aromatic rings. The van der Waals surface area contributed by atoms with Gasteiger partial charge in [-0.15, -0.1) is 11.3 Å². The number of para-hydroxylation sites is 1. The molecule has 0 spiro atoms. The van der Waals surface area contributed by atoms with Crippen LogP contribution in [0.15, 0.2) is 24.3 Å². The summed E-state index contributed by atoms with van der Waals surface area (Å²) in [5, 5.41) is 4.21. The van der Waals surface area contributed by atoms with Crippen LogP contribution in [0.5, 0.6) is 5.75 Å². The Balaban J connectivity index is 1.84. The number of ether oxygens (including phenoxy) is 1. The maximum absolute atomic E-state index is 12.1. The van der Waals surface area contributed by atoms with Crippen molar-refractivity contribution in [3.8, 4) is 5.75 Å². The lowest BCUT2D eigenvalue weighted by Gasteiger charge is -2.40. The quantitative estimate of drug-likeness (QED) is 0.746. The van der Waals surface area contributed by atoms with Crippen molar-refractivity contribution >= 4 is 22.2 Å². The summed E-state index contributed by atoms with van der Waals surface area (Å²) in [4.78, 5) is 18.6. The summed E-state index contributed by atoms with van der Waals surface area (Å²) in [7, 11) is 1.75. The zero-order chi connectivity index (χ0) is 21.1. The van der Waals surface area contributed by atoms with E-state index in [2.05, 4.69) is 40.2 Å². The van der Waals surface area contributed by atoms with Gasteiger partial charge in [-0.05, 0) is 43.9 Å². The number of fused-ring (bicyclic) bond motifs is 1. The molecule has 1 aromatic carbocycles. The summed E-state index contributed by atoms with van der Waals surface area (Å²) in [6.45, 7) is 9.12. The number of likely N-dealkylation sites (N-methyl/N-ethyl adjacent to an activating group) is 1. The molecule has 5 nitrogen and oxygen atoms in total. The van der Waals surface area contributed by atoms with E-state index in [1.54, 1.807) is 25.4 Å². The molecule has 2 aliphatic rings. The second-order valence-electron chi connectivity index (χ2n) is 8.25. The SMILES string of the molecule is CCN1CCN(C(c2ccccc2OC)c2c(NC(C)=O)sc3c2CCCC3)CC1. The number of hydrogen-bond donors (Lipinski definition) is 1. The van der Waals surface area contributed by atoms with Crippen LogP contribution in [0.3, 0.4) is 0 Å². The highest BCUT2D eigenvalue weighted by atomic mass is 32.1. The molecule has 0 radical (unpaired) electrons. The van der Waals surface area contributed by atoms with E-state index < -0.39 is 0 Å². The van der Waals surface area contributed by atoms with Gasteiger partial charge in [0.2, 0.25) is 5.91 Å². The molecule has 0 saturated carbocycles. The van der Waals surface area contributed by atoms with Gasteiger partial charge in [-0.3, -0.25) is 9.69 Å². The fourth-order valence-electron chi connectivity index (χ4n) is 4.90. The molecule has 1 aromatic heterocycles. The number of piperazine rings is 1. The Bertz CT molecular complexity index is 887. The molecule has 1 aliphatic heterocycles. The van der Waals surface area contributed by atoms with E-state index in [1.807, 2.05) is 6.07 Å². The number of anilines is 1. The van der Waals surface area contributed by atoms with Crippen molar-refractivity contribution in [2.75, 3.05) is 45.2 Å². The number of methoxy groups -OCH3 is 1. The van der Waals surface area contributed by atoms with Crippen LogP contribution in [-0.4, -0.2) is 55.5 Å².